The van der Waals surface area contributed by atoms with Gasteiger partial charge in [0.05, 0.1) is 65.8 Å². The molecule has 2 heterocycles. The molecule has 1 amide bonds. The Labute approximate surface area is 372 Å². The number of piperidine rings is 2. The van der Waals surface area contributed by atoms with Crippen molar-refractivity contribution >= 4 is 17.7 Å². The Kier molecular flexibility index (Phi) is 20.9. The molecule has 0 bridgehead atoms. The third-order valence-electron chi connectivity index (χ3n) is 11.6. The van der Waals surface area contributed by atoms with Crippen LogP contribution in [0.1, 0.15) is 61.6 Å². The summed E-state index contributed by atoms with van der Waals surface area (Å²) in [5, 5.41) is 23.1. The number of hydrogen-bond acceptors (Lipinski definition) is 16. The molecule has 2 aliphatic rings. The number of hydrogen-bond donors (Lipinski definition) is 3. The van der Waals surface area contributed by atoms with Gasteiger partial charge < -0.3 is 57.6 Å². The number of ether oxygens (including phenoxy) is 10. The molecule has 17 nitrogen and oxygen atoms in total. The average molecular weight is 888 g/mol. The molecule has 0 aromatic heterocycles. The predicted octanol–water partition coefficient (Wildman–Crippen LogP) is 5.14. The van der Waals surface area contributed by atoms with Gasteiger partial charge in [0.15, 0.2) is 23.0 Å². The Morgan fingerprint density at radius 3 is 1.68 bits per heavy atom. The maximum Gasteiger partial charge on any atom is 0.411 e. The first kappa shape index (κ1) is 51.2. The highest BCUT2D eigenvalue weighted by molar-refractivity contribution is 5.87. The van der Waals surface area contributed by atoms with Gasteiger partial charge in [-0.15, -0.1) is 0 Å². The van der Waals surface area contributed by atoms with Crippen LogP contribution in [-0.2, 0) is 51.2 Å². The van der Waals surface area contributed by atoms with Crippen molar-refractivity contribution in [3.05, 3.63) is 66.3 Å². The zero-order valence-corrected chi connectivity index (χ0v) is 37.9. The SMILES string of the molecule is C=CCOC(=O)Cc1cc(OCCCOc2cc(NC(=O)OCC=C)c(C(CN3CCCC[C@H]3CO)(OC)OC)cc2OC)c(OC)cc1C(CN1CCCC[C@H]1CO)(OC)OC. The number of aliphatic hydroxyl groups excluding tert-OH is 2. The molecule has 0 aliphatic carbocycles. The van der Waals surface area contributed by atoms with Crippen LogP contribution in [0.4, 0.5) is 10.5 Å². The topological polar surface area (TPSA) is 185 Å². The molecule has 2 aromatic rings. The first-order chi connectivity index (χ1) is 30.5. The van der Waals surface area contributed by atoms with Gasteiger partial charge >= 0.3 is 12.1 Å². The van der Waals surface area contributed by atoms with E-state index in [1.165, 1.54) is 40.6 Å². The van der Waals surface area contributed by atoms with E-state index in [0.717, 1.165) is 51.6 Å². The number of esters is 1. The van der Waals surface area contributed by atoms with E-state index in [1.807, 2.05) is 0 Å². The van der Waals surface area contributed by atoms with Crippen molar-refractivity contribution in [1.82, 2.24) is 9.80 Å². The minimum Gasteiger partial charge on any atom is -0.493 e. The smallest absolute Gasteiger partial charge is 0.411 e. The predicted molar refractivity (Wildman–Crippen MR) is 236 cm³/mol. The number of benzene rings is 2. The van der Waals surface area contributed by atoms with Gasteiger partial charge in [0, 0.05) is 64.1 Å². The van der Waals surface area contributed by atoms with Gasteiger partial charge in [-0.05, 0) is 62.5 Å². The van der Waals surface area contributed by atoms with Gasteiger partial charge in [0.1, 0.15) is 13.2 Å². The summed E-state index contributed by atoms with van der Waals surface area (Å²) in [7, 11) is 9.16. The Bertz CT molecular complexity index is 1640. The lowest BCUT2D eigenvalue weighted by molar-refractivity contribution is -0.231. The maximum atomic E-state index is 13.1. The van der Waals surface area contributed by atoms with Crippen molar-refractivity contribution in [3.8, 4) is 23.0 Å². The summed E-state index contributed by atoms with van der Waals surface area (Å²) in [6.45, 7) is 9.67. The van der Waals surface area contributed by atoms with Crippen LogP contribution < -0.4 is 24.3 Å². The van der Waals surface area contributed by atoms with E-state index in [-0.39, 0.29) is 64.7 Å². The van der Waals surface area contributed by atoms with Crippen molar-refractivity contribution in [1.29, 1.82) is 0 Å². The molecule has 4 rings (SSSR count). The molecule has 2 fully saturated rings. The van der Waals surface area contributed by atoms with Gasteiger partial charge in [-0.25, -0.2) is 4.79 Å². The van der Waals surface area contributed by atoms with Crippen molar-refractivity contribution in [2.24, 2.45) is 0 Å². The third-order valence-corrected chi connectivity index (χ3v) is 11.6. The highest BCUT2D eigenvalue weighted by Gasteiger charge is 2.42. The van der Waals surface area contributed by atoms with Crippen LogP contribution in [0.3, 0.4) is 0 Å². The van der Waals surface area contributed by atoms with Crippen LogP contribution in [0.5, 0.6) is 23.0 Å². The molecule has 2 saturated heterocycles. The second kappa shape index (κ2) is 25.7. The lowest BCUT2D eigenvalue weighted by Gasteiger charge is -2.42. The van der Waals surface area contributed by atoms with Gasteiger partial charge in [-0.2, -0.15) is 0 Å². The van der Waals surface area contributed by atoms with Gasteiger partial charge in [0.25, 0.3) is 0 Å². The number of carbonyl (C=O) groups excluding carboxylic acids is 2. The van der Waals surface area contributed by atoms with E-state index in [1.54, 1.807) is 38.5 Å². The molecule has 17 heteroatoms. The first-order valence-corrected chi connectivity index (χ1v) is 21.5. The van der Waals surface area contributed by atoms with E-state index >= 15 is 0 Å². The molecule has 63 heavy (non-hydrogen) atoms. The molecular formula is C46H69N3O14. The Morgan fingerprint density at radius 2 is 1.19 bits per heavy atom. The molecular weight excluding hydrogens is 819 g/mol. The molecule has 3 N–H and O–H groups in total. The van der Waals surface area contributed by atoms with Crippen molar-refractivity contribution in [2.45, 2.75) is 75.0 Å². The molecule has 352 valence electrons. The van der Waals surface area contributed by atoms with Crippen LogP contribution in [-0.4, -0.2) is 153 Å². The number of nitrogens with zero attached hydrogens (tertiary/aromatic N) is 2. The number of rotatable bonds is 27. The first-order valence-electron chi connectivity index (χ1n) is 21.5. The molecule has 0 spiro atoms. The van der Waals surface area contributed by atoms with Crippen molar-refractivity contribution < 1.29 is 67.2 Å². The van der Waals surface area contributed by atoms with Crippen LogP contribution in [0, 0.1) is 0 Å². The van der Waals surface area contributed by atoms with E-state index in [9.17, 15) is 19.8 Å². The Balaban J connectivity index is 1.60. The summed E-state index contributed by atoms with van der Waals surface area (Å²) in [5.74, 6) is -1.76. The van der Waals surface area contributed by atoms with Crippen LogP contribution in [0.15, 0.2) is 49.6 Å². The van der Waals surface area contributed by atoms with Crippen LogP contribution in [0.2, 0.25) is 0 Å². The number of likely N-dealkylation sites (tertiary alicyclic amines) is 2. The monoisotopic (exact) mass is 887 g/mol. The largest absolute Gasteiger partial charge is 0.493 e. The van der Waals surface area contributed by atoms with Crippen LogP contribution in [0.25, 0.3) is 0 Å². The highest BCUT2D eigenvalue weighted by atomic mass is 16.7. The highest BCUT2D eigenvalue weighted by Crippen LogP contribution is 2.43. The fourth-order valence-corrected chi connectivity index (χ4v) is 8.21. The van der Waals surface area contributed by atoms with E-state index in [4.69, 9.17) is 47.4 Å². The summed E-state index contributed by atoms with van der Waals surface area (Å²) in [6, 6.07) is 6.66. The quantitative estimate of drug-likeness (QED) is 0.0463. The number of aliphatic hydroxyl groups is 2. The number of amides is 1. The molecule has 0 unspecified atom stereocenters. The standard InChI is InChI=1S/C46H69N3O14/c1-9-20-62-43(52)25-33-24-41(39(54-3)26-36(33)45(56-5,57-6)31-48-18-13-11-16-34(48)29-50)60-22-15-23-61-42-28-38(47-44(53)63-21-10-2)37(27-40(42)55-4)46(58-7,59-8)32-49-19-14-12-17-35(49)30-51/h9-10,24,26-28,34-35,50-51H,1-2,11-23,25,29-32H2,3-8H3,(H,47,53)/t34-,35-/m0/s1. The average Bonchev–Trinajstić information content (AvgIpc) is 3.31. The third kappa shape index (κ3) is 13.3. The van der Waals surface area contributed by atoms with Gasteiger partial charge in [-0.1, -0.05) is 38.2 Å². The number of carbonyl (C=O) groups is 2. The molecule has 2 aliphatic heterocycles. The number of methoxy groups -OCH3 is 6. The fraction of sp³-hybridized carbons (Fsp3) is 0.609. The lowest BCUT2D eigenvalue weighted by Crippen LogP contribution is -2.51. The lowest BCUT2D eigenvalue weighted by atomic mass is 9.93. The summed E-state index contributed by atoms with van der Waals surface area (Å²) in [4.78, 5) is 30.3. The second-order valence-electron chi connectivity index (χ2n) is 15.3. The minimum absolute atomic E-state index is 0.00139. The van der Waals surface area contributed by atoms with Crippen molar-refractivity contribution in [3.63, 3.8) is 0 Å². The van der Waals surface area contributed by atoms with E-state index in [2.05, 4.69) is 28.3 Å². The minimum atomic E-state index is -1.39. The molecule has 0 radical (unpaired) electrons. The summed E-state index contributed by atoms with van der Waals surface area (Å²) < 4.78 is 59.2. The summed E-state index contributed by atoms with van der Waals surface area (Å²) in [6.07, 6.45) is 8.12. The van der Waals surface area contributed by atoms with Crippen LogP contribution >= 0.6 is 0 Å². The zero-order chi connectivity index (χ0) is 45.8. The van der Waals surface area contributed by atoms with E-state index in [0.29, 0.717) is 58.3 Å². The molecule has 2 atom stereocenters. The molecule has 2 aromatic carbocycles. The van der Waals surface area contributed by atoms with E-state index < -0.39 is 23.6 Å². The van der Waals surface area contributed by atoms with Gasteiger partial charge in [-0.3, -0.25) is 19.9 Å². The van der Waals surface area contributed by atoms with Crippen molar-refractivity contribution in [2.75, 3.05) is 114 Å². The normalized spacial score (nSPS) is 17.4. The number of anilines is 1. The summed E-state index contributed by atoms with van der Waals surface area (Å²) in [5.41, 5.74) is 1.86. The van der Waals surface area contributed by atoms with Gasteiger partial charge in [0.2, 0.25) is 11.6 Å². The second-order valence-corrected chi connectivity index (χ2v) is 15.3. The molecule has 0 saturated carbocycles. The Morgan fingerprint density at radius 1 is 0.698 bits per heavy atom. The Hall–Kier alpha value is -4.46. The number of nitrogens with one attached hydrogen (secondary N) is 1. The zero-order valence-electron chi connectivity index (χ0n) is 37.9. The summed E-state index contributed by atoms with van der Waals surface area (Å²) >= 11 is 0. The maximum absolute atomic E-state index is 13.1. The fourth-order valence-electron chi connectivity index (χ4n) is 8.21.